The fourth-order valence-electron chi connectivity index (χ4n) is 2.54. The number of aliphatic hydroxyl groups excluding tert-OH is 1. The molecule has 1 fully saturated rings. The van der Waals surface area contributed by atoms with Crippen LogP contribution >= 0.6 is 0 Å². The predicted octanol–water partition coefficient (Wildman–Crippen LogP) is 1.46. The van der Waals surface area contributed by atoms with Crippen LogP contribution in [0.1, 0.15) is 23.7 Å². The molecule has 0 spiro atoms. The smallest absolute Gasteiger partial charge is 0.119 e. The minimum absolute atomic E-state index is 0.126. The van der Waals surface area contributed by atoms with Gasteiger partial charge < -0.3 is 19.3 Å². The summed E-state index contributed by atoms with van der Waals surface area (Å²) in [6.07, 6.45) is 1.26. The predicted molar refractivity (Wildman–Crippen MR) is 65.8 cm³/mol. The highest BCUT2D eigenvalue weighted by Crippen LogP contribution is 2.35. The van der Waals surface area contributed by atoms with Crippen LogP contribution in [0, 0.1) is 0 Å². The third-order valence-electron chi connectivity index (χ3n) is 3.70. The molecule has 18 heavy (non-hydrogen) atoms. The van der Waals surface area contributed by atoms with Crippen LogP contribution in [-0.2, 0) is 15.9 Å². The fourth-order valence-corrected chi connectivity index (χ4v) is 2.54. The van der Waals surface area contributed by atoms with Gasteiger partial charge in [0, 0.05) is 0 Å². The minimum Gasteiger partial charge on any atom is -0.497 e. The van der Waals surface area contributed by atoms with E-state index in [1.807, 2.05) is 18.2 Å². The van der Waals surface area contributed by atoms with E-state index in [9.17, 15) is 5.11 Å². The first-order valence-corrected chi connectivity index (χ1v) is 6.36. The number of aliphatic hydroxyl groups is 1. The maximum atomic E-state index is 10.4. The summed E-state index contributed by atoms with van der Waals surface area (Å²) in [6, 6.07) is 5.87. The van der Waals surface area contributed by atoms with Crippen molar-refractivity contribution >= 4 is 0 Å². The molecule has 1 heterocycles. The van der Waals surface area contributed by atoms with E-state index in [-0.39, 0.29) is 12.2 Å². The van der Waals surface area contributed by atoms with Crippen LogP contribution in [0.3, 0.4) is 0 Å². The molecule has 4 heteroatoms. The number of ether oxygens (including phenoxy) is 3. The van der Waals surface area contributed by atoms with Gasteiger partial charge >= 0.3 is 0 Å². The van der Waals surface area contributed by atoms with E-state index in [1.165, 1.54) is 5.56 Å². The lowest BCUT2D eigenvalue weighted by Gasteiger charge is -2.36. The fraction of sp³-hybridized carbons (Fsp3) is 0.571. The van der Waals surface area contributed by atoms with Crippen molar-refractivity contribution in [1.82, 2.24) is 0 Å². The maximum Gasteiger partial charge on any atom is 0.119 e. The molecule has 0 saturated carbocycles. The summed E-state index contributed by atoms with van der Waals surface area (Å²) in [4.78, 5) is 0. The zero-order valence-electron chi connectivity index (χ0n) is 10.5. The molecule has 0 radical (unpaired) electrons. The van der Waals surface area contributed by atoms with Crippen LogP contribution in [0.4, 0.5) is 0 Å². The molecular weight excluding hydrogens is 232 g/mol. The molecule has 1 saturated heterocycles. The standard InChI is InChI=1S/C14H18O4/c1-16-10-4-2-9-3-5-13(14(15)12(9)6-10)18-11-7-17-8-11/h2,4,6,11,13-15H,3,5,7-8H2,1H3. The van der Waals surface area contributed by atoms with Crippen molar-refractivity contribution in [3.8, 4) is 5.75 Å². The van der Waals surface area contributed by atoms with E-state index in [4.69, 9.17) is 14.2 Å². The second kappa shape index (κ2) is 4.88. The van der Waals surface area contributed by atoms with Gasteiger partial charge in [0.1, 0.15) is 18.0 Å². The zero-order valence-corrected chi connectivity index (χ0v) is 10.5. The lowest BCUT2D eigenvalue weighted by atomic mass is 9.87. The SMILES string of the molecule is COc1ccc2c(c1)C(O)C(OC1COC1)CC2. The molecule has 4 nitrogen and oxygen atoms in total. The Morgan fingerprint density at radius 2 is 2.17 bits per heavy atom. The van der Waals surface area contributed by atoms with E-state index in [0.29, 0.717) is 13.2 Å². The largest absolute Gasteiger partial charge is 0.497 e. The van der Waals surface area contributed by atoms with Crippen molar-refractivity contribution in [2.45, 2.75) is 31.2 Å². The number of hydrogen-bond acceptors (Lipinski definition) is 4. The van der Waals surface area contributed by atoms with Crippen molar-refractivity contribution in [2.75, 3.05) is 20.3 Å². The second-order valence-electron chi connectivity index (χ2n) is 4.88. The van der Waals surface area contributed by atoms with Crippen molar-refractivity contribution in [1.29, 1.82) is 0 Å². The Labute approximate surface area is 106 Å². The number of methoxy groups -OCH3 is 1. The summed E-state index contributed by atoms with van der Waals surface area (Å²) in [6.45, 7) is 1.29. The molecule has 1 aromatic carbocycles. The molecule has 0 amide bonds. The van der Waals surface area contributed by atoms with Crippen molar-refractivity contribution in [3.63, 3.8) is 0 Å². The molecule has 2 aliphatic rings. The highest BCUT2D eigenvalue weighted by molar-refractivity contribution is 5.39. The first-order valence-electron chi connectivity index (χ1n) is 6.36. The van der Waals surface area contributed by atoms with E-state index in [2.05, 4.69) is 0 Å². The monoisotopic (exact) mass is 250 g/mol. The average molecular weight is 250 g/mol. The Hall–Kier alpha value is -1.10. The van der Waals surface area contributed by atoms with Crippen LogP contribution in [-0.4, -0.2) is 37.6 Å². The lowest BCUT2D eigenvalue weighted by molar-refractivity contribution is -0.179. The third-order valence-corrected chi connectivity index (χ3v) is 3.70. The van der Waals surface area contributed by atoms with E-state index in [0.717, 1.165) is 24.2 Å². The topological polar surface area (TPSA) is 47.9 Å². The van der Waals surface area contributed by atoms with Crippen LogP contribution in [0.2, 0.25) is 0 Å². The number of benzene rings is 1. The summed E-state index contributed by atoms with van der Waals surface area (Å²) in [5, 5.41) is 10.4. The van der Waals surface area contributed by atoms with Gasteiger partial charge in [-0.05, 0) is 36.1 Å². The Morgan fingerprint density at radius 3 is 2.83 bits per heavy atom. The van der Waals surface area contributed by atoms with Crippen LogP contribution in [0.25, 0.3) is 0 Å². The van der Waals surface area contributed by atoms with Crippen LogP contribution in [0.15, 0.2) is 18.2 Å². The van der Waals surface area contributed by atoms with Crippen molar-refractivity contribution in [3.05, 3.63) is 29.3 Å². The van der Waals surface area contributed by atoms with E-state index in [1.54, 1.807) is 7.11 Å². The molecule has 98 valence electrons. The van der Waals surface area contributed by atoms with Gasteiger partial charge in [0.05, 0.1) is 26.4 Å². The summed E-state index contributed by atoms with van der Waals surface area (Å²) >= 11 is 0. The Kier molecular flexibility index (Phi) is 3.24. The molecule has 2 atom stereocenters. The molecule has 3 rings (SSSR count). The van der Waals surface area contributed by atoms with Gasteiger partial charge in [0.15, 0.2) is 0 Å². The summed E-state index contributed by atoms with van der Waals surface area (Å²) in [5.41, 5.74) is 2.12. The Morgan fingerprint density at radius 1 is 1.33 bits per heavy atom. The highest BCUT2D eigenvalue weighted by Gasteiger charge is 2.32. The number of hydrogen-bond donors (Lipinski definition) is 1. The first kappa shape index (κ1) is 12.0. The van der Waals surface area contributed by atoms with Crippen LogP contribution in [0.5, 0.6) is 5.75 Å². The quantitative estimate of drug-likeness (QED) is 0.882. The molecule has 1 aromatic rings. The number of aryl methyl sites for hydroxylation is 1. The number of rotatable bonds is 3. The zero-order chi connectivity index (χ0) is 12.5. The third kappa shape index (κ3) is 2.11. The van der Waals surface area contributed by atoms with Crippen LogP contribution < -0.4 is 4.74 Å². The van der Waals surface area contributed by atoms with Gasteiger partial charge in [0.2, 0.25) is 0 Å². The average Bonchev–Trinajstić information content (AvgIpc) is 2.35. The lowest BCUT2D eigenvalue weighted by Crippen LogP contribution is -2.42. The molecular formula is C14H18O4. The Balaban J connectivity index is 1.78. The normalized spacial score (nSPS) is 27.4. The maximum absolute atomic E-state index is 10.4. The van der Waals surface area contributed by atoms with Gasteiger partial charge in [-0.2, -0.15) is 0 Å². The Bertz CT molecular complexity index is 428. The van der Waals surface area contributed by atoms with Gasteiger partial charge in [-0.1, -0.05) is 6.07 Å². The highest BCUT2D eigenvalue weighted by atomic mass is 16.6. The molecule has 2 unspecified atom stereocenters. The summed E-state index contributed by atoms with van der Waals surface area (Å²) < 4.78 is 16.2. The minimum atomic E-state index is -0.565. The van der Waals surface area contributed by atoms with E-state index >= 15 is 0 Å². The van der Waals surface area contributed by atoms with Gasteiger partial charge in [-0.25, -0.2) is 0 Å². The molecule has 0 bridgehead atoms. The summed E-state index contributed by atoms with van der Waals surface area (Å²) in [5.74, 6) is 0.778. The van der Waals surface area contributed by atoms with E-state index < -0.39 is 6.10 Å². The van der Waals surface area contributed by atoms with Gasteiger partial charge in [0.25, 0.3) is 0 Å². The summed E-state index contributed by atoms with van der Waals surface area (Å²) in [7, 11) is 1.64. The van der Waals surface area contributed by atoms with Gasteiger partial charge in [-0.3, -0.25) is 0 Å². The second-order valence-corrected chi connectivity index (χ2v) is 4.88. The van der Waals surface area contributed by atoms with Crippen molar-refractivity contribution < 1.29 is 19.3 Å². The molecule has 1 N–H and O–H groups in total. The number of fused-ring (bicyclic) bond motifs is 1. The first-order chi connectivity index (χ1) is 8.78. The molecule has 1 aliphatic carbocycles. The molecule has 1 aliphatic heterocycles. The van der Waals surface area contributed by atoms with Crippen molar-refractivity contribution in [2.24, 2.45) is 0 Å². The van der Waals surface area contributed by atoms with Gasteiger partial charge in [-0.15, -0.1) is 0 Å². The molecule has 0 aromatic heterocycles.